The van der Waals surface area contributed by atoms with E-state index in [0.717, 1.165) is 30.3 Å². The predicted molar refractivity (Wildman–Crippen MR) is 88.3 cm³/mol. The van der Waals surface area contributed by atoms with E-state index in [4.69, 9.17) is 11.6 Å². The number of hydrogen-bond donors (Lipinski definition) is 1. The van der Waals surface area contributed by atoms with Gasteiger partial charge in [-0.15, -0.1) is 0 Å². The van der Waals surface area contributed by atoms with Gasteiger partial charge < -0.3 is 5.32 Å². The molecule has 1 unspecified atom stereocenters. The molecule has 118 valence electrons. The van der Waals surface area contributed by atoms with Crippen molar-refractivity contribution in [3.63, 3.8) is 0 Å². The van der Waals surface area contributed by atoms with Gasteiger partial charge in [0.2, 0.25) is 0 Å². The van der Waals surface area contributed by atoms with Crippen molar-refractivity contribution in [3.8, 4) is 5.69 Å². The van der Waals surface area contributed by atoms with E-state index < -0.39 is 0 Å². The maximum absolute atomic E-state index is 6.16. The summed E-state index contributed by atoms with van der Waals surface area (Å²) in [6.07, 6.45) is 6.94. The van der Waals surface area contributed by atoms with Crippen LogP contribution in [-0.4, -0.2) is 45.8 Å². The molecule has 5 nitrogen and oxygen atoms in total. The van der Waals surface area contributed by atoms with Gasteiger partial charge in [0.25, 0.3) is 0 Å². The lowest BCUT2D eigenvalue weighted by Gasteiger charge is -2.27. The molecule has 3 rings (SSSR count). The van der Waals surface area contributed by atoms with Gasteiger partial charge in [0, 0.05) is 17.6 Å². The van der Waals surface area contributed by atoms with Crippen LogP contribution in [0.4, 0.5) is 0 Å². The lowest BCUT2D eigenvalue weighted by Crippen LogP contribution is -2.32. The summed E-state index contributed by atoms with van der Waals surface area (Å²) in [6, 6.07) is 6.60. The number of benzene rings is 1. The Labute approximate surface area is 136 Å². The molecule has 6 heteroatoms. The highest BCUT2D eigenvalue weighted by Crippen LogP contribution is 2.22. The minimum Gasteiger partial charge on any atom is -0.317 e. The largest absolute Gasteiger partial charge is 0.317 e. The standard InChI is InChI=1S/C16H22ClN5/c1-21(15-3-2-7-18-8-6-15)10-13-4-5-14(17)9-16(13)22-12-19-11-20-22/h4-5,9,11-12,15,18H,2-3,6-8,10H2,1H3. The number of halogens is 1. The first kappa shape index (κ1) is 15.5. The number of rotatable bonds is 4. The van der Waals surface area contributed by atoms with E-state index in [1.165, 1.54) is 24.8 Å². The summed E-state index contributed by atoms with van der Waals surface area (Å²) in [5.74, 6) is 0. The Morgan fingerprint density at radius 1 is 1.36 bits per heavy atom. The third-order valence-corrected chi connectivity index (χ3v) is 4.54. The Morgan fingerprint density at radius 2 is 2.27 bits per heavy atom. The fourth-order valence-electron chi connectivity index (χ4n) is 3.06. The minimum atomic E-state index is 0.620. The average molecular weight is 320 g/mol. The molecule has 1 aromatic heterocycles. The second kappa shape index (κ2) is 7.22. The molecule has 1 atom stereocenters. The van der Waals surface area contributed by atoms with E-state index in [1.54, 1.807) is 17.3 Å². The molecule has 1 aromatic carbocycles. The van der Waals surface area contributed by atoms with Crippen molar-refractivity contribution >= 4 is 11.6 Å². The van der Waals surface area contributed by atoms with Gasteiger partial charge in [-0.25, -0.2) is 9.67 Å². The molecule has 0 saturated carbocycles. The van der Waals surface area contributed by atoms with E-state index in [9.17, 15) is 0 Å². The van der Waals surface area contributed by atoms with Crippen molar-refractivity contribution in [3.05, 3.63) is 41.4 Å². The number of nitrogens with one attached hydrogen (secondary N) is 1. The third-order valence-electron chi connectivity index (χ3n) is 4.30. The van der Waals surface area contributed by atoms with Crippen LogP contribution >= 0.6 is 11.6 Å². The van der Waals surface area contributed by atoms with Crippen LogP contribution in [0.3, 0.4) is 0 Å². The first-order valence-corrected chi connectivity index (χ1v) is 8.16. The molecule has 1 N–H and O–H groups in total. The fraction of sp³-hybridized carbons (Fsp3) is 0.500. The van der Waals surface area contributed by atoms with Gasteiger partial charge in [0.05, 0.1) is 5.69 Å². The number of hydrogen-bond acceptors (Lipinski definition) is 4. The SMILES string of the molecule is CN(Cc1ccc(Cl)cc1-n1cncn1)C1CCCNCC1. The van der Waals surface area contributed by atoms with E-state index in [2.05, 4.69) is 33.4 Å². The highest BCUT2D eigenvalue weighted by molar-refractivity contribution is 6.30. The van der Waals surface area contributed by atoms with Crippen molar-refractivity contribution < 1.29 is 0 Å². The smallest absolute Gasteiger partial charge is 0.138 e. The molecule has 1 fully saturated rings. The van der Waals surface area contributed by atoms with Crippen LogP contribution in [0.1, 0.15) is 24.8 Å². The Bertz CT molecular complexity index is 591. The van der Waals surface area contributed by atoms with Gasteiger partial charge in [-0.05, 0) is 57.1 Å². The quantitative estimate of drug-likeness (QED) is 0.940. The van der Waals surface area contributed by atoms with Gasteiger partial charge >= 0.3 is 0 Å². The molecular weight excluding hydrogens is 298 g/mol. The van der Waals surface area contributed by atoms with Crippen molar-refractivity contribution in [2.75, 3.05) is 20.1 Å². The first-order valence-electron chi connectivity index (χ1n) is 7.78. The van der Waals surface area contributed by atoms with Crippen LogP contribution in [0.25, 0.3) is 5.69 Å². The molecular formula is C16H22ClN5. The van der Waals surface area contributed by atoms with Crippen molar-refractivity contribution in [2.45, 2.75) is 31.8 Å². The fourth-order valence-corrected chi connectivity index (χ4v) is 3.22. The molecule has 2 aromatic rings. The summed E-state index contributed by atoms with van der Waals surface area (Å²) in [6.45, 7) is 3.12. The Kier molecular flexibility index (Phi) is 5.08. The van der Waals surface area contributed by atoms with E-state index in [-0.39, 0.29) is 0 Å². The van der Waals surface area contributed by atoms with Crippen LogP contribution in [0.5, 0.6) is 0 Å². The monoisotopic (exact) mass is 319 g/mol. The van der Waals surface area contributed by atoms with Crippen LogP contribution in [0.2, 0.25) is 5.02 Å². The zero-order valence-corrected chi connectivity index (χ0v) is 13.6. The average Bonchev–Trinajstić information content (AvgIpc) is 2.91. The second-order valence-corrected chi connectivity index (χ2v) is 6.30. The van der Waals surface area contributed by atoms with Gasteiger partial charge in [-0.1, -0.05) is 17.7 Å². The summed E-state index contributed by atoms with van der Waals surface area (Å²) in [4.78, 5) is 6.48. The predicted octanol–water partition coefficient (Wildman–Crippen LogP) is 2.49. The Hall–Kier alpha value is -1.43. The summed E-state index contributed by atoms with van der Waals surface area (Å²) >= 11 is 6.16. The highest BCUT2D eigenvalue weighted by Gasteiger charge is 2.18. The summed E-state index contributed by atoms with van der Waals surface area (Å²) < 4.78 is 1.78. The molecule has 1 saturated heterocycles. The topological polar surface area (TPSA) is 46.0 Å². The van der Waals surface area contributed by atoms with Gasteiger partial charge in [0.15, 0.2) is 0 Å². The third kappa shape index (κ3) is 3.66. The van der Waals surface area contributed by atoms with Crippen LogP contribution in [0.15, 0.2) is 30.9 Å². The maximum Gasteiger partial charge on any atom is 0.138 e. The van der Waals surface area contributed by atoms with Crippen molar-refractivity contribution in [1.29, 1.82) is 0 Å². The van der Waals surface area contributed by atoms with E-state index in [1.807, 2.05) is 12.1 Å². The molecule has 0 amide bonds. The molecule has 0 radical (unpaired) electrons. The van der Waals surface area contributed by atoms with E-state index >= 15 is 0 Å². The number of aromatic nitrogens is 3. The van der Waals surface area contributed by atoms with Gasteiger partial charge in [-0.3, -0.25) is 4.90 Å². The van der Waals surface area contributed by atoms with Gasteiger partial charge in [-0.2, -0.15) is 5.10 Å². The molecule has 0 aliphatic carbocycles. The molecule has 1 aliphatic heterocycles. The normalized spacial score (nSPS) is 19.3. The zero-order chi connectivity index (χ0) is 15.4. The molecule has 2 heterocycles. The first-order chi connectivity index (χ1) is 10.7. The Balaban J connectivity index is 1.79. The summed E-state index contributed by atoms with van der Waals surface area (Å²) in [5.41, 5.74) is 2.22. The van der Waals surface area contributed by atoms with E-state index in [0.29, 0.717) is 6.04 Å². The Morgan fingerprint density at radius 3 is 3.09 bits per heavy atom. The van der Waals surface area contributed by atoms with Crippen LogP contribution in [-0.2, 0) is 6.54 Å². The van der Waals surface area contributed by atoms with Gasteiger partial charge in [0.1, 0.15) is 12.7 Å². The highest BCUT2D eigenvalue weighted by atomic mass is 35.5. The maximum atomic E-state index is 6.16. The van der Waals surface area contributed by atoms with Crippen molar-refractivity contribution in [2.24, 2.45) is 0 Å². The van der Waals surface area contributed by atoms with Crippen molar-refractivity contribution in [1.82, 2.24) is 25.0 Å². The molecule has 22 heavy (non-hydrogen) atoms. The molecule has 0 spiro atoms. The molecule has 1 aliphatic rings. The van der Waals surface area contributed by atoms with Crippen LogP contribution in [0, 0.1) is 0 Å². The summed E-state index contributed by atoms with van der Waals surface area (Å²) in [7, 11) is 2.20. The lowest BCUT2D eigenvalue weighted by atomic mass is 10.1. The lowest BCUT2D eigenvalue weighted by molar-refractivity contribution is 0.216. The number of nitrogens with zero attached hydrogens (tertiary/aromatic N) is 4. The molecule has 0 bridgehead atoms. The zero-order valence-electron chi connectivity index (χ0n) is 12.9. The second-order valence-electron chi connectivity index (χ2n) is 5.86. The van der Waals surface area contributed by atoms with Crippen LogP contribution < -0.4 is 5.32 Å². The summed E-state index contributed by atoms with van der Waals surface area (Å²) in [5, 5.41) is 8.43. The minimum absolute atomic E-state index is 0.620.